The minimum atomic E-state index is -0.165. The van der Waals surface area contributed by atoms with E-state index < -0.39 is 0 Å². The van der Waals surface area contributed by atoms with Crippen LogP contribution in [0.4, 0.5) is 10.1 Å². The summed E-state index contributed by atoms with van der Waals surface area (Å²) in [6.07, 6.45) is 0. The average molecular weight is 257 g/mol. The third-order valence-corrected chi connectivity index (χ3v) is 3.61. The predicted molar refractivity (Wildman–Crippen MR) is 79.1 cm³/mol. The summed E-state index contributed by atoms with van der Waals surface area (Å²) in [6, 6.07) is 9.65. The Balaban J connectivity index is 2.14. The molecule has 0 aliphatic heterocycles. The molecule has 1 nitrogen and oxygen atoms in total. The predicted octanol–water partition coefficient (Wildman–Crippen LogP) is 4.67. The quantitative estimate of drug-likeness (QED) is 0.842. The molecule has 0 bridgehead atoms. The minimum absolute atomic E-state index is 0.165. The van der Waals surface area contributed by atoms with Gasteiger partial charge in [0.2, 0.25) is 0 Å². The lowest BCUT2D eigenvalue weighted by molar-refractivity contribution is 0.619. The van der Waals surface area contributed by atoms with Gasteiger partial charge < -0.3 is 5.32 Å². The first-order chi connectivity index (χ1) is 8.97. The molecule has 0 saturated heterocycles. The zero-order chi connectivity index (χ0) is 14.0. The van der Waals surface area contributed by atoms with Gasteiger partial charge in [0.1, 0.15) is 5.82 Å². The molecular formula is C17H20FN. The summed E-state index contributed by atoms with van der Waals surface area (Å²) in [4.78, 5) is 0. The highest BCUT2D eigenvalue weighted by Gasteiger charge is 2.03. The molecule has 2 aromatic rings. The first-order valence-electron chi connectivity index (χ1n) is 6.54. The van der Waals surface area contributed by atoms with Crippen LogP contribution < -0.4 is 5.32 Å². The van der Waals surface area contributed by atoms with Gasteiger partial charge >= 0.3 is 0 Å². The molecule has 100 valence electrons. The van der Waals surface area contributed by atoms with E-state index in [1.807, 2.05) is 6.07 Å². The topological polar surface area (TPSA) is 12.0 Å². The van der Waals surface area contributed by atoms with Crippen LogP contribution in [0, 0.1) is 33.5 Å². The summed E-state index contributed by atoms with van der Waals surface area (Å²) in [5.74, 6) is -0.165. The minimum Gasteiger partial charge on any atom is -0.381 e. The lowest BCUT2D eigenvalue weighted by Crippen LogP contribution is -2.03. The van der Waals surface area contributed by atoms with Gasteiger partial charge in [-0.2, -0.15) is 0 Å². The third-order valence-electron chi connectivity index (χ3n) is 3.61. The van der Waals surface area contributed by atoms with E-state index in [4.69, 9.17) is 0 Å². The van der Waals surface area contributed by atoms with Crippen LogP contribution >= 0.6 is 0 Å². The van der Waals surface area contributed by atoms with E-state index in [-0.39, 0.29) is 5.82 Å². The fourth-order valence-corrected chi connectivity index (χ4v) is 2.11. The maximum atomic E-state index is 13.5. The second-order valence-corrected chi connectivity index (χ2v) is 5.18. The summed E-state index contributed by atoms with van der Waals surface area (Å²) in [7, 11) is 0. The Kier molecular flexibility index (Phi) is 3.89. The number of anilines is 1. The number of hydrogen-bond donors (Lipinski definition) is 1. The highest BCUT2D eigenvalue weighted by atomic mass is 19.1. The van der Waals surface area contributed by atoms with Crippen molar-refractivity contribution in [3.05, 3.63) is 64.0 Å². The van der Waals surface area contributed by atoms with E-state index in [1.165, 1.54) is 22.3 Å². The third kappa shape index (κ3) is 3.14. The van der Waals surface area contributed by atoms with Crippen molar-refractivity contribution in [3.8, 4) is 0 Å². The SMILES string of the molecule is Cc1cc(C)c(CNc2ccc(C)c(F)c2)cc1C. The number of nitrogens with one attached hydrogen (secondary N) is 1. The maximum absolute atomic E-state index is 13.5. The summed E-state index contributed by atoms with van der Waals surface area (Å²) < 4.78 is 13.5. The monoisotopic (exact) mass is 257 g/mol. The van der Waals surface area contributed by atoms with E-state index in [9.17, 15) is 4.39 Å². The number of aryl methyl sites for hydroxylation is 4. The standard InChI is InChI=1S/C17H20FN/c1-11-5-6-16(9-17(11)18)19-10-15-8-13(3)12(2)7-14(15)4/h5-9,19H,10H2,1-4H3. The summed E-state index contributed by atoms with van der Waals surface area (Å²) >= 11 is 0. The summed E-state index contributed by atoms with van der Waals surface area (Å²) in [5, 5.41) is 3.28. The van der Waals surface area contributed by atoms with Crippen molar-refractivity contribution in [2.24, 2.45) is 0 Å². The number of benzene rings is 2. The van der Waals surface area contributed by atoms with Crippen LogP contribution in [-0.2, 0) is 6.54 Å². The number of hydrogen-bond acceptors (Lipinski definition) is 1. The molecule has 1 N–H and O–H groups in total. The van der Waals surface area contributed by atoms with Gasteiger partial charge in [-0.25, -0.2) is 4.39 Å². The maximum Gasteiger partial charge on any atom is 0.128 e. The first-order valence-corrected chi connectivity index (χ1v) is 6.54. The van der Waals surface area contributed by atoms with Crippen molar-refractivity contribution >= 4 is 5.69 Å². The van der Waals surface area contributed by atoms with Gasteiger partial charge in [0, 0.05) is 12.2 Å². The molecule has 2 rings (SSSR count). The van der Waals surface area contributed by atoms with E-state index in [0.29, 0.717) is 5.56 Å². The highest BCUT2D eigenvalue weighted by molar-refractivity contribution is 5.47. The summed E-state index contributed by atoms with van der Waals surface area (Å²) in [6.45, 7) is 8.83. The van der Waals surface area contributed by atoms with Gasteiger partial charge in [0.25, 0.3) is 0 Å². The molecule has 0 spiro atoms. The average Bonchev–Trinajstić information content (AvgIpc) is 2.36. The second kappa shape index (κ2) is 5.43. The second-order valence-electron chi connectivity index (χ2n) is 5.18. The Morgan fingerprint density at radius 2 is 1.53 bits per heavy atom. The molecule has 0 saturated carbocycles. The van der Waals surface area contributed by atoms with E-state index in [2.05, 4.69) is 38.2 Å². The molecule has 2 aromatic carbocycles. The molecule has 0 aromatic heterocycles. The van der Waals surface area contributed by atoms with Crippen LogP contribution in [0.2, 0.25) is 0 Å². The lowest BCUT2D eigenvalue weighted by atomic mass is 10.0. The largest absolute Gasteiger partial charge is 0.381 e. The van der Waals surface area contributed by atoms with Crippen LogP contribution in [-0.4, -0.2) is 0 Å². The van der Waals surface area contributed by atoms with Crippen molar-refractivity contribution in [2.45, 2.75) is 34.2 Å². The van der Waals surface area contributed by atoms with Crippen molar-refractivity contribution in [1.29, 1.82) is 0 Å². The highest BCUT2D eigenvalue weighted by Crippen LogP contribution is 2.18. The first kappa shape index (κ1) is 13.6. The molecule has 0 unspecified atom stereocenters. The Hall–Kier alpha value is -1.83. The summed E-state index contributed by atoms with van der Waals surface area (Å²) in [5.41, 5.74) is 6.61. The molecule has 0 atom stereocenters. The fraction of sp³-hybridized carbons (Fsp3) is 0.294. The molecule has 0 aliphatic rings. The van der Waals surface area contributed by atoms with Crippen molar-refractivity contribution in [3.63, 3.8) is 0 Å². The number of rotatable bonds is 3. The van der Waals surface area contributed by atoms with Gasteiger partial charge in [-0.15, -0.1) is 0 Å². The van der Waals surface area contributed by atoms with Crippen LogP contribution in [0.1, 0.15) is 27.8 Å². The normalized spacial score (nSPS) is 10.6. The Bertz CT molecular complexity index is 602. The molecule has 0 fully saturated rings. The zero-order valence-corrected chi connectivity index (χ0v) is 12.0. The van der Waals surface area contributed by atoms with Gasteiger partial charge in [0.05, 0.1) is 0 Å². The van der Waals surface area contributed by atoms with Gasteiger partial charge in [-0.05, 0) is 67.6 Å². The van der Waals surface area contributed by atoms with E-state index in [1.54, 1.807) is 19.1 Å². The molecule has 0 amide bonds. The van der Waals surface area contributed by atoms with Crippen LogP contribution in [0.5, 0.6) is 0 Å². The Morgan fingerprint density at radius 3 is 2.21 bits per heavy atom. The van der Waals surface area contributed by atoms with Crippen LogP contribution in [0.15, 0.2) is 30.3 Å². The molecule has 0 heterocycles. The molecule has 0 aliphatic carbocycles. The lowest BCUT2D eigenvalue weighted by Gasteiger charge is -2.12. The smallest absolute Gasteiger partial charge is 0.128 e. The van der Waals surface area contributed by atoms with Crippen molar-refractivity contribution in [1.82, 2.24) is 0 Å². The van der Waals surface area contributed by atoms with Gasteiger partial charge in [0.15, 0.2) is 0 Å². The zero-order valence-electron chi connectivity index (χ0n) is 12.0. The Labute approximate surface area is 114 Å². The van der Waals surface area contributed by atoms with Gasteiger partial charge in [-0.1, -0.05) is 18.2 Å². The van der Waals surface area contributed by atoms with Crippen molar-refractivity contribution < 1.29 is 4.39 Å². The van der Waals surface area contributed by atoms with E-state index >= 15 is 0 Å². The molecule has 0 radical (unpaired) electrons. The van der Waals surface area contributed by atoms with Crippen LogP contribution in [0.3, 0.4) is 0 Å². The molecular weight excluding hydrogens is 237 g/mol. The number of halogens is 1. The van der Waals surface area contributed by atoms with E-state index in [0.717, 1.165) is 12.2 Å². The van der Waals surface area contributed by atoms with Crippen LogP contribution in [0.25, 0.3) is 0 Å². The molecule has 2 heteroatoms. The Morgan fingerprint density at radius 1 is 0.842 bits per heavy atom. The van der Waals surface area contributed by atoms with Crippen molar-refractivity contribution in [2.75, 3.05) is 5.32 Å². The molecule has 19 heavy (non-hydrogen) atoms. The van der Waals surface area contributed by atoms with Gasteiger partial charge in [-0.3, -0.25) is 0 Å². The fourth-order valence-electron chi connectivity index (χ4n) is 2.11.